The van der Waals surface area contributed by atoms with Gasteiger partial charge in [0.05, 0.1) is 24.5 Å². The number of nitrogens with one attached hydrogen (secondary N) is 1. The molecule has 1 unspecified atom stereocenters. The van der Waals surface area contributed by atoms with Crippen LogP contribution in [0.4, 0.5) is 20.6 Å². The van der Waals surface area contributed by atoms with Gasteiger partial charge in [-0.1, -0.05) is 0 Å². The number of halogens is 1. The van der Waals surface area contributed by atoms with Crippen molar-refractivity contribution in [2.75, 3.05) is 55.7 Å². The van der Waals surface area contributed by atoms with Crippen LogP contribution in [0.25, 0.3) is 0 Å². The van der Waals surface area contributed by atoms with Gasteiger partial charge >= 0.3 is 12.1 Å². The van der Waals surface area contributed by atoms with Crippen LogP contribution in [0, 0.1) is 11.2 Å². The number of hydrogen-bond acceptors (Lipinski definition) is 7. The Bertz CT molecular complexity index is 1000. The summed E-state index contributed by atoms with van der Waals surface area (Å²) in [6.07, 6.45) is 0.567. The maximum Gasteiger partial charge on any atom is 0.414 e. The maximum absolute atomic E-state index is 15.1. The van der Waals surface area contributed by atoms with Gasteiger partial charge in [-0.15, -0.1) is 0 Å². The molecule has 1 aromatic rings. The van der Waals surface area contributed by atoms with E-state index in [-0.39, 0.29) is 36.9 Å². The predicted octanol–water partition coefficient (Wildman–Crippen LogP) is 1.28. The predicted molar refractivity (Wildman–Crippen MR) is 120 cm³/mol. The first-order valence-electron chi connectivity index (χ1n) is 11.3. The van der Waals surface area contributed by atoms with E-state index < -0.39 is 24.0 Å². The average molecular weight is 477 g/mol. The summed E-state index contributed by atoms with van der Waals surface area (Å²) < 4.78 is 25.2. The molecule has 184 valence electrons. The van der Waals surface area contributed by atoms with Crippen molar-refractivity contribution in [3.05, 3.63) is 24.0 Å². The third-order valence-corrected chi connectivity index (χ3v) is 6.66. The lowest BCUT2D eigenvalue weighted by molar-refractivity contribution is -0.149. The lowest BCUT2D eigenvalue weighted by Crippen LogP contribution is -2.36. The molecule has 3 saturated heterocycles. The Labute approximate surface area is 196 Å². The van der Waals surface area contributed by atoms with E-state index >= 15 is 4.39 Å². The van der Waals surface area contributed by atoms with E-state index in [9.17, 15) is 19.2 Å². The van der Waals surface area contributed by atoms with E-state index in [0.29, 0.717) is 37.6 Å². The normalized spacial score (nSPS) is 24.0. The molecule has 3 amide bonds. The molecule has 0 saturated carbocycles. The van der Waals surface area contributed by atoms with Crippen molar-refractivity contribution in [1.82, 2.24) is 10.2 Å². The number of likely N-dealkylation sites (tertiary alicyclic amines) is 1. The molecule has 10 nitrogen and oxygen atoms in total. The molecule has 1 N–H and O–H groups in total. The van der Waals surface area contributed by atoms with Gasteiger partial charge in [0.15, 0.2) is 6.61 Å². The first kappa shape index (κ1) is 23.8. The highest BCUT2D eigenvalue weighted by Crippen LogP contribution is 2.42. The molecular weight excluding hydrogens is 447 g/mol. The number of benzene rings is 1. The van der Waals surface area contributed by atoms with Crippen molar-refractivity contribution >= 4 is 35.3 Å². The van der Waals surface area contributed by atoms with Gasteiger partial charge in [0, 0.05) is 45.4 Å². The molecule has 1 spiro atoms. The van der Waals surface area contributed by atoms with Gasteiger partial charge in [-0.3, -0.25) is 19.3 Å². The van der Waals surface area contributed by atoms with Crippen LogP contribution in [0.2, 0.25) is 0 Å². The smallest absolute Gasteiger partial charge is 0.414 e. The number of cyclic esters (lactones) is 1. The third kappa shape index (κ3) is 5.07. The number of carbonyl (C=O) groups excluding carboxylic acids is 4. The van der Waals surface area contributed by atoms with Crippen molar-refractivity contribution in [1.29, 1.82) is 0 Å². The van der Waals surface area contributed by atoms with Gasteiger partial charge in [0.1, 0.15) is 11.9 Å². The van der Waals surface area contributed by atoms with Crippen molar-refractivity contribution in [2.45, 2.75) is 32.8 Å². The fourth-order valence-electron chi connectivity index (χ4n) is 4.89. The molecule has 11 heteroatoms. The summed E-state index contributed by atoms with van der Waals surface area (Å²) in [5.74, 6) is -1.35. The van der Waals surface area contributed by atoms with Gasteiger partial charge in [-0.05, 0) is 31.0 Å². The Kier molecular flexibility index (Phi) is 6.63. The second-order valence-corrected chi connectivity index (χ2v) is 9.21. The number of anilines is 2. The lowest BCUT2D eigenvalue weighted by atomic mass is 9.86. The lowest BCUT2D eigenvalue weighted by Gasteiger charge is -2.26. The largest absolute Gasteiger partial charge is 0.456 e. The van der Waals surface area contributed by atoms with E-state index in [1.54, 1.807) is 17.0 Å². The average Bonchev–Trinajstić information content (AvgIpc) is 3.49. The number of hydrogen-bond donors (Lipinski definition) is 1. The molecule has 1 aromatic carbocycles. The first-order chi connectivity index (χ1) is 16.2. The van der Waals surface area contributed by atoms with E-state index in [1.165, 1.54) is 24.8 Å². The number of carbonyl (C=O) groups is 4. The van der Waals surface area contributed by atoms with E-state index in [4.69, 9.17) is 9.47 Å². The molecule has 3 heterocycles. The van der Waals surface area contributed by atoms with Crippen LogP contribution in [0.1, 0.15) is 26.7 Å². The van der Waals surface area contributed by atoms with Crippen LogP contribution in [0.5, 0.6) is 0 Å². The summed E-state index contributed by atoms with van der Waals surface area (Å²) in [4.78, 5) is 51.6. The number of esters is 1. The summed E-state index contributed by atoms with van der Waals surface area (Å²) in [5.41, 5.74) is 0.730. The van der Waals surface area contributed by atoms with E-state index in [1.807, 2.05) is 4.90 Å². The zero-order valence-corrected chi connectivity index (χ0v) is 19.3. The molecule has 0 bridgehead atoms. The van der Waals surface area contributed by atoms with Crippen LogP contribution < -0.4 is 15.1 Å². The Hall–Kier alpha value is -3.37. The highest BCUT2D eigenvalue weighted by molar-refractivity contribution is 5.90. The zero-order chi connectivity index (χ0) is 24.5. The highest BCUT2D eigenvalue weighted by Gasteiger charge is 2.45. The van der Waals surface area contributed by atoms with E-state index in [2.05, 4.69) is 5.32 Å². The molecule has 34 heavy (non-hydrogen) atoms. The minimum absolute atomic E-state index is 0.118. The van der Waals surface area contributed by atoms with Gasteiger partial charge in [0.25, 0.3) is 5.91 Å². The molecular formula is C23H29FN4O6. The van der Waals surface area contributed by atoms with Crippen LogP contribution in [0.3, 0.4) is 0 Å². The number of ether oxygens (including phenoxy) is 2. The fraction of sp³-hybridized carbons (Fsp3) is 0.565. The Morgan fingerprint density at radius 3 is 2.68 bits per heavy atom. The second-order valence-electron chi connectivity index (χ2n) is 9.21. The maximum atomic E-state index is 15.1. The first-order valence-corrected chi connectivity index (χ1v) is 11.3. The van der Waals surface area contributed by atoms with Crippen molar-refractivity contribution in [3.8, 4) is 0 Å². The summed E-state index contributed by atoms with van der Waals surface area (Å²) >= 11 is 0. The molecule has 0 radical (unpaired) electrons. The fourth-order valence-corrected chi connectivity index (χ4v) is 4.89. The van der Waals surface area contributed by atoms with Gasteiger partial charge in [-0.25, -0.2) is 9.18 Å². The van der Waals surface area contributed by atoms with E-state index in [0.717, 1.165) is 12.8 Å². The van der Waals surface area contributed by atoms with Crippen LogP contribution in [0.15, 0.2) is 18.2 Å². The zero-order valence-electron chi connectivity index (χ0n) is 19.3. The Morgan fingerprint density at radius 1 is 1.21 bits per heavy atom. The van der Waals surface area contributed by atoms with Gasteiger partial charge in [0.2, 0.25) is 5.91 Å². The standard InChI is InChI=1S/C23H29FN4O6/c1-15(29)25-10-18-11-28(22(32)34-18)17-3-4-20(19(24)9-17)26-7-5-23(13-26)6-8-27(14-23)21(31)12-33-16(2)30/h3-4,9,18H,5-8,10-14H2,1-2H3,(H,25,29)/t18-,23?/m0/s1. The van der Waals surface area contributed by atoms with Crippen LogP contribution >= 0.6 is 0 Å². The summed E-state index contributed by atoms with van der Waals surface area (Å²) in [6.45, 7) is 5.24. The SMILES string of the molecule is CC(=O)NC[C@H]1CN(c2ccc(N3CCC4(CCN(C(=O)COC(C)=O)C4)C3)c(F)c2)C(=O)O1. The molecule has 4 rings (SSSR count). The molecule has 0 aliphatic carbocycles. The van der Waals surface area contributed by atoms with Crippen molar-refractivity contribution in [2.24, 2.45) is 5.41 Å². The van der Waals surface area contributed by atoms with Gasteiger partial charge in [-0.2, -0.15) is 0 Å². The molecule has 3 fully saturated rings. The van der Waals surface area contributed by atoms with Crippen molar-refractivity contribution in [3.63, 3.8) is 0 Å². The van der Waals surface area contributed by atoms with Gasteiger partial charge < -0.3 is 24.6 Å². The highest BCUT2D eigenvalue weighted by atomic mass is 19.1. The minimum Gasteiger partial charge on any atom is -0.456 e. The molecule has 3 aliphatic rings. The number of nitrogens with zero attached hydrogens (tertiary/aromatic N) is 3. The number of amides is 3. The van der Waals surface area contributed by atoms with Crippen LogP contribution in [-0.2, 0) is 23.9 Å². The summed E-state index contributed by atoms with van der Waals surface area (Å²) in [5, 5.41) is 2.61. The van der Waals surface area contributed by atoms with Crippen molar-refractivity contribution < 1.29 is 33.0 Å². The Balaban J connectivity index is 1.37. The Morgan fingerprint density at radius 2 is 1.97 bits per heavy atom. The molecule has 3 aliphatic heterocycles. The molecule has 0 aromatic heterocycles. The third-order valence-electron chi connectivity index (χ3n) is 6.66. The quantitative estimate of drug-likeness (QED) is 0.616. The summed E-state index contributed by atoms with van der Waals surface area (Å²) in [6, 6.07) is 4.68. The monoisotopic (exact) mass is 476 g/mol. The molecule has 2 atom stereocenters. The van der Waals surface area contributed by atoms with Crippen LogP contribution in [-0.4, -0.2) is 80.8 Å². The minimum atomic E-state index is -0.577. The second kappa shape index (κ2) is 9.47. The summed E-state index contributed by atoms with van der Waals surface area (Å²) in [7, 11) is 0. The number of rotatable bonds is 6. The topological polar surface area (TPSA) is 108 Å².